The fourth-order valence-corrected chi connectivity index (χ4v) is 1.99. The summed E-state index contributed by atoms with van der Waals surface area (Å²) in [5.74, 6) is -0.348. The first-order chi connectivity index (χ1) is 6.20. The van der Waals surface area contributed by atoms with Gasteiger partial charge in [0.15, 0.2) is 11.9 Å². The summed E-state index contributed by atoms with van der Waals surface area (Å²) >= 11 is 0. The molecule has 2 aliphatic rings. The van der Waals surface area contributed by atoms with Gasteiger partial charge in [0.05, 0.1) is 0 Å². The van der Waals surface area contributed by atoms with Crippen molar-refractivity contribution in [3.63, 3.8) is 0 Å². The average molecular weight is 180 g/mol. The number of ether oxygens (including phenoxy) is 1. The monoisotopic (exact) mass is 180 g/mol. The zero-order chi connectivity index (χ0) is 9.47. The van der Waals surface area contributed by atoms with E-state index in [9.17, 15) is 9.59 Å². The van der Waals surface area contributed by atoms with Gasteiger partial charge >= 0.3 is 5.97 Å². The molecule has 0 saturated carbocycles. The molecule has 1 heterocycles. The molecule has 0 bridgehead atoms. The third kappa shape index (κ3) is 0.961. The first-order valence-corrected chi connectivity index (χ1v) is 4.61. The summed E-state index contributed by atoms with van der Waals surface area (Å²) in [7, 11) is 0. The van der Waals surface area contributed by atoms with Crippen LogP contribution >= 0.6 is 0 Å². The Balaban J connectivity index is 2.29. The van der Waals surface area contributed by atoms with Crippen LogP contribution < -0.4 is 0 Å². The Hall–Kier alpha value is -1.12. The van der Waals surface area contributed by atoms with E-state index in [0.29, 0.717) is 19.3 Å². The summed E-state index contributed by atoms with van der Waals surface area (Å²) < 4.78 is 5.03. The van der Waals surface area contributed by atoms with Gasteiger partial charge in [-0.15, -0.1) is 0 Å². The predicted molar refractivity (Wildman–Crippen MR) is 46.0 cm³/mol. The highest BCUT2D eigenvalue weighted by Gasteiger charge is 2.56. The number of allylic oxidation sites excluding steroid dienone is 2. The summed E-state index contributed by atoms with van der Waals surface area (Å²) in [6, 6.07) is 0. The lowest BCUT2D eigenvalue weighted by Crippen LogP contribution is -2.32. The van der Waals surface area contributed by atoms with Gasteiger partial charge in [-0.2, -0.15) is 0 Å². The number of carbonyl (C=O) groups is 2. The van der Waals surface area contributed by atoms with Crippen molar-refractivity contribution in [2.24, 2.45) is 5.41 Å². The van der Waals surface area contributed by atoms with Crippen LogP contribution in [0.15, 0.2) is 12.2 Å². The Labute approximate surface area is 76.8 Å². The molecule has 0 radical (unpaired) electrons. The van der Waals surface area contributed by atoms with Crippen molar-refractivity contribution in [1.82, 2.24) is 0 Å². The van der Waals surface area contributed by atoms with Crippen LogP contribution in [0.3, 0.4) is 0 Å². The molecule has 1 saturated heterocycles. The molecule has 1 aliphatic carbocycles. The second kappa shape index (κ2) is 2.69. The van der Waals surface area contributed by atoms with E-state index >= 15 is 0 Å². The summed E-state index contributed by atoms with van der Waals surface area (Å²) in [6.45, 7) is 1.86. The number of hydrogen-bond donors (Lipinski definition) is 0. The SMILES string of the molecule is CCC1OC(=O)C2(CC=CC2)C1=O. The van der Waals surface area contributed by atoms with Crippen molar-refractivity contribution in [2.45, 2.75) is 32.3 Å². The fourth-order valence-electron chi connectivity index (χ4n) is 1.99. The Morgan fingerprint density at radius 2 is 2.08 bits per heavy atom. The molecule has 1 unspecified atom stereocenters. The Bertz CT molecular complexity index is 283. The van der Waals surface area contributed by atoms with Gasteiger partial charge in [0.2, 0.25) is 0 Å². The summed E-state index contributed by atoms with van der Waals surface area (Å²) in [5.41, 5.74) is -0.833. The van der Waals surface area contributed by atoms with E-state index in [0.717, 1.165) is 0 Å². The zero-order valence-corrected chi connectivity index (χ0v) is 7.58. The predicted octanol–water partition coefficient (Wildman–Crippen LogP) is 1.23. The van der Waals surface area contributed by atoms with Crippen LogP contribution in [0.2, 0.25) is 0 Å². The lowest BCUT2D eigenvalue weighted by molar-refractivity contribution is -0.148. The zero-order valence-electron chi connectivity index (χ0n) is 7.58. The molecular weight excluding hydrogens is 168 g/mol. The third-order valence-corrected chi connectivity index (χ3v) is 2.87. The molecule has 0 N–H and O–H groups in total. The van der Waals surface area contributed by atoms with Gasteiger partial charge in [-0.1, -0.05) is 19.1 Å². The van der Waals surface area contributed by atoms with Crippen LogP contribution in [-0.2, 0) is 14.3 Å². The Morgan fingerprint density at radius 3 is 2.54 bits per heavy atom. The topological polar surface area (TPSA) is 43.4 Å². The van der Waals surface area contributed by atoms with Crippen LogP contribution in [0, 0.1) is 5.41 Å². The first kappa shape index (κ1) is 8.48. The van der Waals surface area contributed by atoms with Gasteiger partial charge in [-0.3, -0.25) is 9.59 Å². The van der Waals surface area contributed by atoms with Crippen molar-refractivity contribution < 1.29 is 14.3 Å². The van der Waals surface area contributed by atoms with Gasteiger partial charge < -0.3 is 4.74 Å². The van der Waals surface area contributed by atoms with Crippen molar-refractivity contribution in [3.8, 4) is 0 Å². The van der Waals surface area contributed by atoms with Crippen LogP contribution in [0.25, 0.3) is 0 Å². The molecule has 3 nitrogen and oxygen atoms in total. The molecule has 0 aromatic heterocycles. The molecule has 1 atom stereocenters. The van der Waals surface area contributed by atoms with E-state index in [2.05, 4.69) is 0 Å². The normalized spacial score (nSPS) is 30.1. The standard InChI is InChI=1S/C10H12O3/c1-2-7-8(11)10(9(12)13-7)5-3-4-6-10/h3-4,7H,2,5-6H2,1H3. The second-order valence-corrected chi connectivity index (χ2v) is 3.63. The number of ketones is 1. The van der Waals surface area contributed by atoms with E-state index in [1.807, 2.05) is 19.1 Å². The van der Waals surface area contributed by atoms with Gasteiger partial charge in [-0.05, 0) is 19.3 Å². The fraction of sp³-hybridized carbons (Fsp3) is 0.600. The number of carbonyl (C=O) groups excluding carboxylic acids is 2. The molecule has 3 heteroatoms. The first-order valence-electron chi connectivity index (χ1n) is 4.61. The van der Waals surface area contributed by atoms with E-state index < -0.39 is 11.5 Å². The molecule has 1 fully saturated rings. The molecule has 0 aromatic rings. The van der Waals surface area contributed by atoms with Crippen LogP contribution in [0.1, 0.15) is 26.2 Å². The van der Waals surface area contributed by atoms with E-state index in [1.165, 1.54) is 0 Å². The smallest absolute Gasteiger partial charge is 0.321 e. The van der Waals surface area contributed by atoms with Gasteiger partial charge in [0.25, 0.3) is 0 Å². The number of Topliss-reactive ketones (excluding diaryl/α,β-unsaturated/α-hetero) is 1. The Kier molecular flexibility index (Phi) is 1.75. The average Bonchev–Trinajstić information content (AvgIpc) is 2.69. The third-order valence-electron chi connectivity index (χ3n) is 2.87. The number of hydrogen-bond acceptors (Lipinski definition) is 3. The molecule has 13 heavy (non-hydrogen) atoms. The van der Waals surface area contributed by atoms with Crippen LogP contribution in [0.4, 0.5) is 0 Å². The van der Waals surface area contributed by atoms with Crippen LogP contribution in [0.5, 0.6) is 0 Å². The number of esters is 1. The molecule has 70 valence electrons. The minimum atomic E-state index is -0.833. The van der Waals surface area contributed by atoms with Crippen molar-refractivity contribution in [3.05, 3.63) is 12.2 Å². The number of rotatable bonds is 1. The maximum Gasteiger partial charge on any atom is 0.321 e. The molecule has 1 aliphatic heterocycles. The molecular formula is C10H12O3. The van der Waals surface area contributed by atoms with E-state index in [-0.39, 0.29) is 11.8 Å². The summed E-state index contributed by atoms with van der Waals surface area (Å²) in [5, 5.41) is 0. The van der Waals surface area contributed by atoms with Crippen molar-refractivity contribution in [2.75, 3.05) is 0 Å². The second-order valence-electron chi connectivity index (χ2n) is 3.63. The van der Waals surface area contributed by atoms with Gasteiger partial charge in [0, 0.05) is 0 Å². The molecule has 0 amide bonds. The van der Waals surface area contributed by atoms with E-state index in [4.69, 9.17) is 4.74 Å². The Morgan fingerprint density at radius 1 is 1.46 bits per heavy atom. The molecule has 0 aromatic carbocycles. The van der Waals surface area contributed by atoms with Gasteiger partial charge in [0.1, 0.15) is 5.41 Å². The summed E-state index contributed by atoms with van der Waals surface area (Å²) in [6.07, 6.45) is 4.93. The maximum atomic E-state index is 11.8. The van der Waals surface area contributed by atoms with Crippen molar-refractivity contribution >= 4 is 11.8 Å². The minimum absolute atomic E-state index is 0.0231. The van der Waals surface area contributed by atoms with Gasteiger partial charge in [-0.25, -0.2) is 0 Å². The molecule has 2 rings (SSSR count). The summed E-state index contributed by atoms with van der Waals surface area (Å²) in [4.78, 5) is 23.3. The quantitative estimate of drug-likeness (QED) is 0.346. The van der Waals surface area contributed by atoms with E-state index in [1.54, 1.807) is 0 Å². The van der Waals surface area contributed by atoms with Crippen LogP contribution in [-0.4, -0.2) is 17.9 Å². The highest BCUT2D eigenvalue weighted by molar-refractivity contribution is 6.11. The minimum Gasteiger partial charge on any atom is -0.454 e. The number of cyclic esters (lactones) is 1. The largest absolute Gasteiger partial charge is 0.454 e. The highest BCUT2D eigenvalue weighted by Crippen LogP contribution is 2.42. The highest BCUT2D eigenvalue weighted by atomic mass is 16.6. The lowest BCUT2D eigenvalue weighted by atomic mass is 9.81. The lowest BCUT2D eigenvalue weighted by Gasteiger charge is -2.14. The van der Waals surface area contributed by atoms with Crippen molar-refractivity contribution in [1.29, 1.82) is 0 Å². The molecule has 1 spiro atoms. The maximum absolute atomic E-state index is 11.8.